The molecule has 0 aliphatic carbocycles. The summed E-state index contributed by atoms with van der Waals surface area (Å²) in [6.07, 6.45) is -0.332. The first kappa shape index (κ1) is 15.6. The second-order valence-electron chi connectivity index (χ2n) is 4.00. The van der Waals surface area contributed by atoms with Crippen molar-refractivity contribution in [3.05, 3.63) is 29.8 Å². The monoisotopic (exact) mass is 280 g/mol. The van der Waals surface area contributed by atoms with E-state index in [0.717, 1.165) is 0 Å². The smallest absolute Gasteiger partial charge is 0.303 e. The van der Waals surface area contributed by atoms with E-state index in [4.69, 9.17) is 10.2 Å². The van der Waals surface area contributed by atoms with Crippen LogP contribution in [0.1, 0.15) is 23.2 Å². The maximum Gasteiger partial charge on any atom is 0.303 e. The molecule has 0 aliphatic rings. The standard InChI is InChI=1S/C13H16N2O5/c16-8-7-14-13(20)9-1-3-10(4-2-9)15-11(17)5-6-12(18)19/h1-4,16H,5-8H2,(H,14,20)(H,15,17)(H,18,19). The van der Waals surface area contributed by atoms with Gasteiger partial charge in [0.15, 0.2) is 0 Å². The Balaban J connectivity index is 2.51. The minimum Gasteiger partial charge on any atom is -0.481 e. The number of benzene rings is 1. The summed E-state index contributed by atoms with van der Waals surface area (Å²) in [7, 11) is 0. The van der Waals surface area contributed by atoms with Gasteiger partial charge < -0.3 is 20.8 Å². The Labute approximate surface area is 115 Å². The molecule has 0 fully saturated rings. The van der Waals surface area contributed by atoms with Crippen LogP contribution in [0.15, 0.2) is 24.3 Å². The van der Waals surface area contributed by atoms with Crippen molar-refractivity contribution in [1.29, 1.82) is 0 Å². The molecule has 7 heteroatoms. The third-order valence-corrected chi connectivity index (χ3v) is 2.39. The Morgan fingerprint density at radius 1 is 1.05 bits per heavy atom. The number of rotatable bonds is 7. The van der Waals surface area contributed by atoms with E-state index in [1.165, 1.54) is 12.1 Å². The number of hydrogen-bond acceptors (Lipinski definition) is 4. The molecule has 0 spiro atoms. The highest BCUT2D eigenvalue weighted by Crippen LogP contribution is 2.10. The summed E-state index contributed by atoms with van der Waals surface area (Å²) in [5.74, 6) is -1.75. The lowest BCUT2D eigenvalue weighted by molar-refractivity contribution is -0.138. The van der Waals surface area contributed by atoms with Crippen LogP contribution in [-0.2, 0) is 9.59 Å². The number of carboxylic acid groups (broad SMARTS) is 1. The van der Waals surface area contributed by atoms with E-state index < -0.39 is 11.9 Å². The van der Waals surface area contributed by atoms with E-state index in [-0.39, 0.29) is 31.9 Å². The first-order chi connectivity index (χ1) is 9.52. The molecule has 1 rings (SSSR count). The van der Waals surface area contributed by atoms with Crippen LogP contribution in [0.4, 0.5) is 5.69 Å². The fraction of sp³-hybridized carbons (Fsp3) is 0.308. The van der Waals surface area contributed by atoms with Crippen molar-refractivity contribution in [2.45, 2.75) is 12.8 Å². The van der Waals surface area contributed by atoms with E-state index in [2.05, 4.69) is 10.6 Å². The molecule has 0 aliphatic heterocycles. The summed E-state index contributed by atoms with van der Waals surface area (Å²) < 4.78 is 0. The number of carbonyl (C=O) groups is 3. The van der Waals surface area contributed by atoms with Gasteiger partial charge in [-0.15, -0.1) is 0 Å². The fourth-order valence-corrected chi connectivity index (χ4v) is 1.42. The average Bonchev–Trinajstić information content (AvgIpc) is 2.43. The summed E-state index contributed by atoms with van der Waals surface area (Å²) in [5.41, 5.74) is 0.890. The van der Waals surface area contributed by atoms with E-state index in [0.29, 0.717) is 11.3 Å². The van der Waals surface area contributed by atoms with Crippen LogP contribution < -0.4 is 10.6 Å². The molecule has 0 atom stereocenters. The van der Waals surface area contributed by atoms with Crippen molar-refractivity contribution >= 4 is 23.5 Å². The molecular weight excluding hydrogens is 264 g/mol. The van der Waals surface area contributed by atoms with Crippen molar-refractivity contribution in [2.75, 3.05) is 18.5 Å². The molecule has 7 nitrogen and oxygen atoms in total. The Hall–Kier alpha value is -2.41. The zero-order chi connectivity index (χ0) is 15.0. The van der Waals surface area contributed by atoms with Gasteiger partial charge in [-0.05, 0) is 24.3 Å². The number of aliphatic carboxylic acids is 1. The minimum atomic E-state index is -1.03. The summed E-state index contributed by atoms with van der Waals surface area (Å²) in [5, 5.41) is 22.1. The molecule has 108 valence electrons. The molecule has 0 bridgehead atoms. The predicted molar refractivity (Wildman–Crippen MR) is 71.4 cm³/mol. The Morgan fingerprint density at radius 3 is 2.25 bits per heavy atom. The second-order valence-corrected chi connectivity index (χ2v) is 4.00. The fourth-order valence-electron chi connectivity index (χ4n) is 1.42. The molecule has 2 amide bonds. The van der Waals surface area contributed by atoms with Gasteiger partial charge in [0.25, 0.3) is 5.91 Å². The molecule has 0 heterocycles. The molecule has 20 heavy (non-hydrogen) atoms. The first-order valence-corrected chi connectivity index (χ1v) is 6.03. The lowest BCUT2D eigenvalue weighted by Gasteiger charge is -2.06. The van der Waals surface area contributed by atoms with Crippen LogP contribution in [0.3, 0.4) is 0 Å². The minimum absolute atomic E-state index is 0.103. The average molecular weight is 280 g/mol. The zero-order valence-electron chi connectivity index (χ0n) is 10.8. The van der Waals surface area contributed by atoms with E-state index in [9.17, 15) is 14.4 Å². The number of nitrogens with one attached hydrogen (secondary N) is 2. The molecule has 1 aromatic rings. The van der Waals surface area contributed by atoms with Crippen LogP contribution in [0.2, 0.25) is 0 Å². The quantitative estimate of drug-likeness (QED) is 0.570. The largest absolute Gasteiger partial charge is 0.481 e. The number of aliphatic hydroxyl groups is 1. The van der Waals surface area contributed by atoms with Gasteiger partial charge in [0.2, 0.25) is 5.91 Å². The van der Waals surface area contributed by atoms with Gasteiger partial charge in [0, 0.05) is 24.2 Å². The molecule has 1 aromatic carbocycles. The number of aliphatic hydroxyl groups excluding tert-OH is 1. The summed E-state index contributed by atoms with van der Waals surface area (Å²) >= 11 is 0. The van der Waals surface area contributed by atoms with Gasteiger partial charge in [0.1, 0.15) is 0 Å². The maximum absolute atomic E-state index is 11.5. The van der Waals surface area contributed by atoms with Crippen molar-refractivity contribution in [3.63, 3.8) is 0 Å². The number of hydrogen-bond donors (Lipinski definition) is 4. The lowest BCUT2D eigenvalue weighted by atomic mass is 10.2. The molecule has 0 unspecified atom stereocenters. The normalized spacial score (nSPS) is 9.85. The lowest BCUT2D eigenvalue weighted by Crippen LogP contribution is -2.26. The van der Waals surface area contributed by atoms with E-state index in [1.807, 2.05) is 0 Å². The van der Waals surface area contributed by atoms with Crippen molar-refractivity contribution in [3.8, 4) is 0 Å². The first-order valence-electron chi connectivity index (χ1n) is 6.03. The SMILES string of the molecule is O=C(O)CCC(=O)Nc1ccc(C(=O)NCCO)cc1. The van der Waals surface area contributed by atoms with Crippen LogP contribution in [-0.4, -0.2) is 41.1 Å². The Bertz CT molecular complexity index is 484. The van der Waals surface area contributed by atoms with Crippen molar-refractivity contribution in [1.82, 2.24) is 5.32 Å². The number of carbonyl (C=O) groups excluding carboxylic acids is 2. The topological polar surface area (TPSA) is 116 Å². The molecule has 0 saturated carbocycles. The van der Waals surface area contributed by atoms with Crippen LogP contribution in [0.5, 0.6) is 0 Å². The van der Waals surface area contributed by atoms with Crippen LogP contribution in [0, 0.1) is 0 Å². The maximum atomic E-state index is 11.5. The van der Waals surface area contributed by atoms with Gasteiger partial charge in [-0.3, -0.25) is 14.4 Å². The summed E-state index contributed by atoms with van der Waals surface area (Å²) in [4.78, 5) is 33.3. The van der Waals surface area contributed by atoms with Crippen LogP contribution in [0.25, 0.3) is 0 Å². The molecule has 4 N–H and O–H groups in total. The van der Waals surface area contributed by atoms with Crippen molar-refractivity contribution in [2.24, 2.45) is 0 Å². The van der Waals surface area contributed by atoms with Gasteiger partial charge in [-0.1, -0.05) is 0 Å². The van der Waals surface area contributed by atoms with Crippen molar-refractivity contribution < 1.29 is 24.6 Å². The highest BCUT2D eigenvalue weighted by atomic mass is 16.4. The predicted octanol–water partition coefficient (Wildman–Crippen LogP) is 0.212. The summed E-state index contributed by atoms with van der Waals surface area (Å²) in [6.45, 7) is 0.0377. The Kier molecular flexibility index (Phi) is 6.18. The van der Waals surface area contributed by atoms with Crippen LogP contribution >= 0.6 is 0 Å². The zero-order valence-corrected chi connectivity index (χ0v) is 10.8. The highest BCUT2D eigenvalue weighted by molar-refractivity contribution is 5.96. The number of amides is 2. The number of anilines is 1. The third-order valence-electron chi connectivity index (χ3n) is 2.39. The molecule has 0 radical (unpaired) electrons. The van der Waals surface area contributed by atoms with Gasteiger partial charge in [-0.25, -0.2) is 0 Å². The molecule has 0 aromatic heterocycles. The Morgan fingerprint density at radius 2 is 1.70 bits per heavy atom. The van der Waals surface area contributed by atoms with E-state index >= 15 is 0 Å². The third kappa shape index (κ3) is 5.49. The highest BCUT2D eigenvalue weighted by Gasteiger charge is 2.07. The van der Waals surface area contributed by atoms with E-state index in [1.54, 1.807) is 12.1 Å². The second kappa shape index (κ2) is 7.90. The molecule has 0 saturated heterocycles. The number of carboxylic acids is 1. The van der Waals surface area contributed by atoms with Gasteiger partial charge >= 0.3 is 5.97 Å². The van der Waals surface area contributed by atoms with Gasteiger partial charge in [0.05, 0.1) is 13.0 Å². The molecular formula is C13H16N2O5. The summed E-state index contributed by atoms with van der Waals surface area (Å²) in [6, 6.07) is 6.15. The van der Waals surface area contributed by atoms with Gasteiger partial charge in [-0.2, -0.15) is 0 Å².